The zero-order valence-corrected chi connectivity index (χ0v) is 80.9. The highest BCUT2D eigenvalue weighted by molar-refractivity contribution is 6.31. The van der Waals surface area contributed by atoms with Crippen LogP contribution in [0.5, 0.6) is 0 Å². The number of hydrogen-bond donors (Lipinski definition) is 0. The zero-order valence-electron chi connectivity index (χ0n) is 80.9. The van der Waals surface area contributed by atoms with Crippen molar-refractivity contribution in [3.05, 3.63) is 435 Å². The summed E-state index contributed by atoms with van der Waals surface area (Å²) in [5.41, 5.74) is 22.4. The summed E-state index contributed by atoms with van der Waals surface area (Å²) in [5.74, 6) is 0. The van der Waals surface area contributed by atoms with Crippen molar-refractivity contribution >= 4 is 217 Å². The van der Waals surface area contributed by atoms with E-state index in [1.54, 1.807) is 0 Å². The van der Waals surface area contributed by atoms with Crippen molar-refractivity contribution in [2.75, 3.05) is 0 Å². The number of fused-ring (bicyclic) bond motifs is 36. The fraction of sp³-hybridized carbons (Fsp3) is 0.118. The van der Waals surface area contributed by atoms with Crippen molar-refractivity contribution in [2.45, 2.75) is 105 Å². The fourth-order valence-electron chi connectivity index (χ4n) is 22.6. The molecule has 28 aromatic rings. The Balaban J connectivity index is 0.0000000985. The van der Waals surface area contributed by atoms with Crippen LogP contribution in [0.25, 0.3) is 262 Å². The first-order valence-electron chi connectivity index (χ1n) is 49.1. The molecular weight excluding hydrogens is 1700 g/mol. The molecule has 672 valence electrons. The molecule has 24 aromatic carbocycles. The van der Waals surface area contributed by atoms with Gasteiger partial charge in [-0.15, -0.1) is 0 Å². The molecule has 0 aliphatic carbocycles. The summed E-state index contributed by atoms with van der Waals surface area (Å²) in [7, 11) is 0. The van der Waals surface area contributed by atoms with Gasteiger partial charge in [-0.05, 0) is 244 Å². The smallest absolute Gasteiger partial charge is 0.143 e. The lowest BCUT2D eigenvalue weighted by atomic mass is 9.85. The van der Waals surface area contributed by atoms with Crippen LogP contribution in [-0.2, 0) is 21.7 Å². The average Bonchev–Trinajstić information content (AvgIpc) is 0.988. The Morgan fingerprint density at radius 2 is 0.364 bits per heavy atom. The summed E-state index contributed by atoms with van der Waals surface area (Å²) in [6, 6.07) is 150. The molecule has 0 spiro atoms. The Bertz CT molecular complexity index is 9820. The summed E-state index contributed by atoms with van der Waals surface area (Å²) >= 11 is 0. The van der Waals surface area contributed by atoms with Gasteiger partial charge in [0.15, 0.2) is 0 Å². The maximum atomic E-state index is 6.67. The number of benzene rings is 24. The van der Waals surface area contributed by atoms with E-state index in [9.17, 15) is 0 Å². The molecule has 4 heterocycles. The van der Waals surface area contributed by atoms with Gasteiger partial charge in [-0.25, -0.2) is 0 Å². The van der Waals surface area contributed by atoms with E-state index in [0.717, 1.165) is 55.8 Å². The molecule has 0 saturated heterocycles. The van der Waals surface area contributed by atoms with Crippen LogP contribution in [0, 0.1) is 0 Å². The van der Waals surface area contributed by atoms with Crippen LogP contribution < -0.4 is 0 Å². The molecule has 0 fully saturated rings. The molecule has 0 aliphatic rings. The third-order valence-electron chi connectivity index (χ3n) is 29.6. The lowest BCUT2D eigenvalue weighted by Crippen LogP contribution is -2.10. The summed E-state index contributed by atoms with van der Waals surface area (Å²) in [4.78, 5) is 0. The molecule has 0 atom stereocenters. The molecule has 4 nitrogen and oxygen atoms in total. The van der Waals surface area contributed by atoms with Gasteiger partial charge < -0.3 is 17.7 Å². The first-order chi connectivity index (χ1) is 68.0. The second-order valence-corrected chi connectivity index (χ2v) is 42.3. The standard InChI is InChI=1S/4C34H26O/c1-34(2,3)30-16-8-15-28-32-22(14-9-17-31(32)35-33(28)30)21-18-19-27-25-12-5-4-10-23(25)24-11-6-7-13-26(24)29(27)20-21;1-34(2,3)31-17-9-16-29-28-15-8-14-22(32(28)35-33(29)31)21-18-19-27-25-12-5-4-10-23(25)24-11-6-7-13-26(24)30(27)20-21;1-34(2,3)22-16-18-29-32(20-22)35-31-14-8-13-23(33(29)31)21-15-17-28-26-11-5-4-9-24(26)25-10-6-7-12-27(25)30(28)19-21;1-34(2,3)22-16-18-29-30-14-8-13-23(33(30)35-32(29)20-22)21-15-17-28-26-11-5-4-9-24(26)25-10-6-7-12-27(25)31(28)19-21/h4*4-20H,1-3H3. The Labute approximate surface area is 812 Å². The largest absolute Gasteiger partial charge is 0.456 e. The van der Waals surface area contributed by atoms with Crippen molar-refractivity contribution in [3.63, 3.8) is 0 Å². The molecule has 0 radical (unpaired) electrons. The average molecular weight is 1800 g/mol. The molecular formula is C136H104O4. The Morgan fingerprint density at radius 3 is 0.707 bits per heavy atom. The normalized spacial score (nSPS) is 12.4. The van der Waals surface area contributed by atoms with Crippen LogP contribution in [0.15, 0.2) is 430 Å². The van der Waals surface area contributed by atoms with Crippen molar-refractivity contribution < 1.29 is 17.7 Å². The molecule has 0 unspecified atom stereocenters. The zero-order chi connectivity index (χ0) is 94.9. The van der Waals surface area contributed by atoms with E-state index in [1.807, 2.05) is 0 Å². The van der Waals surface area contributed by atoms with Gasteiger partial charge in [0.1, 0.15) is 44.7 Å². The number of para-hydroxylation sites is 4. The number of furan rings is 4. The van der Waals surface area contributed by atoms with E-state index in [4.69, 9.17) is 17.7 Å². The fourth-order valence-corrected chi connectivity index (χ4v) is 22.6. The summed E-state index contributed by atoms with van der Waals surface area (Å²) in [5, 5.41) is 40.5. The first kappa shape index (κ1) is 85.3. The molecule has 4 aromatic heterocycles. The van der Waals surface area contributed by atoms with Crippen LogP contribution in [-0.4, -0.2) is 0 Å². The minimum absolute atomic E-state index is 0.0104. The van der Waals surface area contributed by atoms with Gasteiger partial charge in [0, 0.05) is 65.3 Å². The van der Waals surface area contributed by atoms with Crippen molar-refractivity contribution in [1.29, 1.82) is 0 Å². The highest BCUT2D eigenvalue weighted by Crippen LogP contribution is 2.50. The highest BCUT2D eigenvalue weighted by Gasteiger charge is 2.28. The number of rotatable bonds is 4. The summed E-state index contributed by atoms with van der Waals surface area (Å²) < 4.78 is 26.1. The molecule has 4 heteroatoms. The van der Waals surface area contributed by atoms with E-state index in [0.29, 0.717) is 0 Å². The quantitative estimate of drug-likeness (QED) is 0.165. The molecule has 0 N–H and O–H groups in total. The van der Waals surface area contributed by atoms with Crippen LogP contribution in [0.2, 0.25) is 0 Å². The van der Waals surface area contributed by atoms with Crippen molar-refractivity contribution in [1.82, 2.24) is 0 Å². The Hall–Kier alpha value is -16.4. The molecule has 0 amide bonds. The lowest BCUT2D eigenvalue weighted by molar-refractivity contribution is 0.572. The van der Waals surface area contributed by atoms with E-state index >= 15 is 0 Å². The van der Waals surface area contributed by atoms with Gasteiger partial charge in [-0.3, -0.25) is 0 Å². The lowest BCUT2D eigenvalue weighted by Gasteiger charge is -2.18. The van der Waals surface area contributed by atoms with Gasteiger partial charge in [0.25, 0.3) is 0 Å². The van der Waals surface area contributed by atoms with Crippen LogP contribution in [0.4, 0.5) is 0 Å². The minimum atomic E-state index is 0.0104. The van der Waals surface area contributed by atoms with Gasteiger partial charge in [0.05, 0.1) is 0 Å². The van der Waals surface area contributed by atoms with E-state index in [2.05, 4.69) is 496 Å². The maximum Gasteiger partial charge on any atom is 0.143 e. The molecule has 0 aliphatic heterocycles. The third-order valence-corrected chi connectivity index (χ3v) is 29.6. The molecule has 28 rings (SSSR count). The topological polar surface area (TPSA) is 52.6 Å². The maximum absolute atomic E-state index is 6.67. The monoisotopic (exact) mass is 1800 g/mol. The van der Waals surface area contributed by atoms with E-state index in [-0.39, 0.29) is 21.7 Å². The van der Waals surface area contributed by atoms with Gasteiger partial charge in [-0.1, -0.05) is 447 Å². The third kappa shape index (κ3) is 14.1. The second kappa shape index (κ2) is 32.7. The molecule has 0 bridgehead atoms. The summed E-state index contributed by atoms with van der Waals surface area (Å²) in [6.07, 6.45) is 0. The minimum Gasteiger partial charge on any atom is -0.456 e. The van der Waals surface area contributed by atoms with Gasteiger partial charge in [-0.2, -0.15) is 0 Å². The van der Waals surface area contributed by atoms with E-state index in [1.165, 1.54) is 228 Å². The van der Waals surface area contributed by atoms with Crippen molar-refractivity contribution in [2.24, 2.45) is 0 Å². The van der Waals surface area contributed by atoms with Crippen LogP contribution >= 0.6 is 0 Å². The predicted molar refractivity (Wildman–Crippen MR) is 601 cm³/mol. The SMILES string of the molecule is CC(C)(C)c1ccc2c(c1)oc1c(-c3ccc4c5ccccc5c5ccccc5c4c3)cccc12.CC(C)(C)c1ccc2c(c1)oc1cccc(-c3ccc4c5ccccc5c5ccccc5c4c3)c12.CC(C)(C)c1cccc2c1oc1c(-c3ccc4c5ccccc5c5ccccc5c4c3)cccc12.CC(C)(C)c1cccc2c1oc1cccc(-c3ccc4c5ccccc5c5ccccc5c4c3)c12. The van der Waals surface area contributed by atoms with Crippen LogP contribution in [0.3, 0.4) is 0 Å². The van der Waals surface area contributed by atoms with Gasteiger partial charge in [0.2, 0.25) is 0 Å². The first-order valence-corrected chi connectivity index (χ1v) is 49.1. The Morgan fingerprint density at radius 1 is 0.136 bits per heavy atom. The summed E-state index contributed by atoms with van der Waals surface area (Å²) in [6.45, 7) is 26.9. The highest BCUT2D eigenvalue weighted by atomic mass is 16.3. The Kier molecular flexibility index (Phi) is 19.9. The van der Waals surface area contributed by atoms with Gasteiger partial charge >= 0.3 is 0 Å². The molecule has 140 heavy (non-hydrogen) atoms. The number of hydrogen-bond acceptors (Lipinski definition) is 4. The molecule has 0 saturated carbocycles. The second-order valence-electron chi connectivity index (χ2n) is 42.3. The van der Waals surface area contributed by atoms with E-state index < -0.39 is 0 Å². The van der Waals surface area contributed by atoms with Crippen LogP contribution in [0.1, 0.15) is 105 Å². The van der Waals surface area contributed by atoms with Crippen molar-refractivity contribution in [3.8, 4) is 44.5 Å². The predicted octanol–water partition coefficient (Wildman–Crippen LogP) is 40.0.